The molecule has 2 aromatic rings. The zero-order valence-electron chi connectivity index (χ0n) is 11.1. The van der Waals surface area contributed by atoms with Gasteiger partial charge in [-0.2, -0.15) is 0 Å². The fraction of sp³-hybridized carbons (Fsp3) is 0.286. The van der Waals surface area contributed by atoms with Crippen LogP contribution in [0.5, 0.6) is 5.75 Å². The lowest BCUT2D eigenvalue weighted by molar-refractivity contribution is 0.415. The number of methoxy groups -OCH3 is 1. The molecular formula is C14H16N2O3. The van der Waals surface area contributed by atoms with Crippen LogP contribution in [-0.4, -0.2) is 17.1 Å². The average Bonchev–Trinajstić information content (AvgIpc) is 2.36. The van der Waals surface area contributed by atoms with Crippen LogP contribution in [0.15, 0.2) is 33.9 Å². The van der Waals surface area contributed by atoms with Gasteiger partial charge in [-0.1, -0.05) is 19.9 Å². The normalized spacial score (nSPS) is 10.7. The highest BCUT2D eigenvalue weighted by Gasteiger charge is 2.10. The first-order valence-electron chi connectivity index (χ1n) is 6.03. The maximum Gasteiger partial charge on any atom is 0.326 e. The molecule has 0 bridgehead atoms. The number of nitrogens with one attached hydrogen (secondary N) is 2. The SMILES string of the molecule is COc1cc(C(C)C)ccc1-c1cc(=O)[nH]c(=O)[nH]1. The van der Waals surface area contributed by atoms with Gasteiger partial charge in [-0.15, -0.1) is 0 Å². The molecule has 0 saturated carbocycles. The van der Waals surface area contributed by atoms with E-state index in [1.807, 2.05) is 18.2 Å². The van der Waals surface area contributed by atoms with Gasteiger partial charge in [0, 0.05) is 11.6 Å². The monoisotopic (exact) mass is 260 g/mol. The minimum absolute atomic E-state index is 0.376. The van der Waals surface area contributed by atoms with E-state index < -0.39 is 11.2 Å². The third-order valence-electron chi connectivity index (χ3n) is 2.94. The van der Waals surface area contributed by atoms with Crippen molar-refractivity contribution in [1.29, 1.82) is 0 Å². The quantitative estimate of drug-likeness (QED) is 0.884. The molecule has 0 fully saturated rings. The van der Waals surface area contributed by atoms with Crippen molar-refractivity contribution < 1.29 is 4.74 Å². The molecule has 0 aliphatic heterocycles. The van der Waals surface area contributed by atoms with E-state index in [4.69, 9.17) is 4.74 Å². The number of ether oxygens (including phenoxy) is 1. The predicted molar refractivity (Wildman–Crippen MR) is 73.8 cm³/mol. The third-order valence-corrected chi connectivity index (χ3v) is 2.94. The highest BCUT2D eigenvalue weighted by molar-refractivity contribution is 5.67. The fourth-order valence-corrected chi connectivity index (χ4v) is 1.90. The molecule has 0 saturated heterocycles. The Kier molecular flexibility index (Phi) is 3.55. The second-order valence-electron chi connectivity index (χ2n) is 4.62. The van der Waals surface area contributed by atoms with E-state index in [0.29, 0.717) is 22.9 Å². The largest absolute Gasteiger partial charge is 0.496 e. The first-order valence-corrected chi connectivity index (χ1v) is 6.03. The smallest absolute Gasteiger partial charge is 0.326 e. The molecular weight excluding hydrogens is 244 g/mol. The van der Waals surface area contributed by atoms with Crippen molar-refractivity contribution in [2.45, 2.75) is 19.8 Å². The van der Waals surface area contributed by atoms with Gasteiger partial charge in [-0.05, 0) is 23.6 Å². The van der Waals surface area contributed by atoms with Crippen molar-refractivity contribution in [3.05, 3.63) is 50.7 Å². The first kappa shape index (κ1) is 13.1. The molecule has 1 aromatic heterocycles. The number of aromatic nitrogens is 2. The summed E-state index contributed by atoms with van der Waals surface area (Å²) in [7, 11) is 1.56. The van der Waals surface area contributed by atoms with E-state index in [9.17, 15) is 9.59 Å². The van der Waals surface area contributed by atoms with Crippen molar-refractivity contribution in [3.63, 3.8) is 0 Å². The Bertz CT molecular complexity index is 670. The van der Waals surface area contributed by atoms with Crippen molar-refractivity contribution in [3.8, 4) is 17.0 Å². The van der Waals surface area contributed by atoms with E-state index in [2.05, 4.69) is 23.8 Å². The zero-order valence-corrected chi connectivity index (χ0v) is 11.1. The van der Waals surface area contributed by atoms with Crippen molar-refractivity contribution in [1.82, 2.24) is 9.97 Å². The number of hydrogen-bond acceptors (Lipinski definition) is 3. The van der Waals surface area contributed by atoms with Gasteiger partial charge in [-0.3, -0.25) is 9.78 Å². The Balaban J connectivity index is 2.61. The summed E-state index contributed by atoms with van der Waals surface area (Å²) < 4.78 is 5.34. The van der Waals surface area contributed by atoms with E-state index in [1.54, 1.807) is 7.11 Å². The molecule has 1 aromatic carbocycles. The number of H-pyrrole nitrogens is 2. The highest BCUT2D eigenvalue weighted by Crippen LogP contribution is 2.30. The third kappa shape index (κ3) is 2.76. The van der Waals surface area contributed by atoms with Crippen LogP contribution in [0, 0.1) is 0 Å². The van der Waals surface area contributed by atoms with Crippen LogP contribution >= 0.6 is 0 Å². The summed E-state index contributed by atoms with van der Waals surface area (Å²) in [6.07, 6.45) is 0. The lowest BCUT2D eigenvalue weighted by atomic mass is 10.00. The molecule has 0 spiro atoms. The Morgan fingerprint density at radius 3 is 2.42 bits per heavy atom. The molecule has 2 N–H and O–H groups in total. The van der Waals surface area contributed by atoms with Crippen molar-refractivity contribution >= 4 is 0 Å². The second-order valence-corrected chi connectivity index (χ2v) is 4.62. The van der Waals surface area contributed by atoms with Gasteiger partial charge in [0.2, 0.25) is 0 Å². The Hall–Kier alpha value is -2.30. The molecule has 0 unspecified atom stereocenters. The Labute approximate surface area is 110 Å². The standard InChI is InChI=1S/C14H16N2O3/c1-8(2)9-4-5-10(12(6-9)19-3)11-7-13(17)16-14(18)15-11/h4-8H,1-3H3,(H2,15,16,17,18). The van der Waals surface area contributed by atoms with Crippen LogP contribution in [0.4, 0.5) is 0 Å². The van der Waals surface area contributed by atoms with Gasteiger partial charge < -0.3 is 9.72 Å². The number of hydrogen-bond donors (Lipinski definition) is 2. The summed E-state index contributed by atoms with van der Waals surface area (Å²) in [6, 6.07) is 7.06. The predicted octanol–water partition coefficient (Wildman–Crippen LogP) is 1.86. The summed E-state index contributed by atoms with van der Waals surface area (Å²) in [5.74, 6) is 1.01. The van der Waals surface area contributed by atoms with E-state index in [1.165, 1.54) is 6.07 Å². The lowest BCUT2D eigenvalue weighted by Crippen LogP contribution is -2.21. The van der Waals surface area contributed by atoms with Crippen molar-refractivity contribution in [2.24, 2.45) is 0 Å². The maximum absolute atomic E-state index is 11.3. The highest BCUT2D eigenvalue weighted by atomic mass is 16.5. The van der Waals surface area contributed by atoms with Gasteiger partial charge in [0.25, 0.3) is 5.56 Å². The van der Waals surface area contributed by atoms with Gasteiger partial charge in [0.1, 0.15) is 5.75 Å². The summed E-state index contributed by atoms with van der Waals surface area (Å²) in [5.41, 5.74) is 1.30. The molecule has 5 heteroatoms. The summed E-state index contributed by atoms with van der Waals surface area (Å²) in [4.78, 5) is 27.4. The average molecular weight is 260 g/mol. The van der Waals surface area contributed by atoms with Gasteiger partial charge in [-0.25, -0.2) is 4.79 Å². The van der Waals surface area contributed by atoms with Gasteiger partial charge >= 0.3 is 5.69 Å². The van der Waals surface area contributed by atoms with Crippen LogP contribution in [0.25, 0.3) is 11.3 Å². The van der Waals surface area contributed by atoms with Gasteiger partial charge in [0.05, 0.1) is 12.8 Å². The molecule has 19 heavy (non-hydrogen) atoms. The van der Waals surface area contributed by atoms with Crippen LogP contribution in [0.1, 0.15) is 25.3 Å². The topological polar surface area (TPSA) is 75.0 Å². The Morgan fingerprint density at radius 1 is 1.11 bits per heavy atom. The molecule has 0 amide bonds. The summed E-state index contributed by atoms with van der Waals surface area (Å²) in [6.45, 7) is 4.17. The van der Waals surface area contributed by atoms with Crippen LogP contribution < -0.4 is 16.0 Å². The number of aromatic amines is 2. The van der Waals surface area contributed by atoms with E-state index >= 15 is 0 Å². The molecule has 1 heterocycles. The molecule has 0 aliphatic rings. The molecule has 0 atom stereocenters. The molecule has 5 nitrogen and oxygen atoms in total. The number of rotatable bonds is 3. The minimum atomic E-state index is -0.530. The molecule has 100 valence electrons. The van der Waals surface area contributed by atoms with E-state index in [0.717, 1.165) is 5.56 Å². The maximum atomic E-state index is 11.3. The summed E-state index contributed by atoms with van der Waals surface area (Å²) >= 11 is 0. The molecule has 0 aliphatic carbocycles. The molecule has 2 rings (SSSR count). The fourth-order valence-electron chi connectivity index (χ4n) is 1.90. The lowest BCUT2D eigenvalue weighted by Gasteiger charge is -2.12. The van der Waals surface area contributed by atoms with Crippen LogP contribution in [-0.2, 0) is 0 Å². The molecule has 0 radical (unpaired) electrons. The van der Waals surface area contributed by atoms with Crippen LogP contribution in [0.3, 0.4) is 0 Å². The van der Waals surface area contributed by atoms with E-state index in [-0.39, 0.29) is 0 Å². The van der Waals surface area contributed by atoms with Crippen LogP contribution in [0.2, 0.25) is 0 Å². The zero-order chi connectivity index (χ0) is 14.0. The Morgan fingerprint density at radius 2 is 1.84 bits per heavy atom. The summed E-state index contributed by atoms with van der Waals surface area (Å²) in [5, 5.41) is 0. The number of benzene rings is 1. The van der Waals surface area contributed by atoms with Gasteiger partial charge in [0.15, 0.2) is 0 Å². The first-order chi connectivity index (χ1) is 9.01. The minimum Gasteiger partial charge on any atom is -0.496 e. The van der Waals surface area contributed by atoms with Crippen molar-refractivity contribution in [2.75, 3.05) is 7.11 Å². The second kappa shape index (κ2) is 5.14.